The first-order valence-corrected chi connectivity index (χ1v) is 8.47. The van der Waals surface area contributed by atoms with E-state index in [1.807, 2.05) is 18.4 Å². The van der Waals surface area contributed by atoms with Crippen LogP contribution in [0.5, 0.6) is 0 Å². The molecule has 2 aromatic rings. The number of nitrogens with one attached hydrogen (secondary N) is 1. The quantitative estimate of drug-likeness (QED) is 0.917. The maximum Gasteiger partial charge on any atom is 0.227 e. The van der Waals surface area contributed by atoms with Crippen molar-refractivity contribution in [1.82, 2.24) is 15.0 Å². The van der Waals surface area contributed by atoms with Gasteiger partial charge in [0, 0.05) is 30.6 Å². The van der Waals surface area contributed by atoms with Crippen LogP contribution in [-0.2, 0) is 4.79 Å². The molecule has 1 saturated heterocycles. The van der Waals surface area contributed by atoms with E-state index in [1.165, 1.54) is 24.2 Å². The molecule has 1 fully saturated rings. The Kier molecular flexibility index (Phi) is 4.84. The summed E-state index contributed by atoms with van der Waals surface area (Å²) < 4.78 is 5.20. The highest BCUT2D eigenvalue weighted by Gasteiger charge is 2.26. The van der Waals surface area contributed by atoms with Crippen LogP contribution in [0.2, 0.25) is 0 Å². The van der Waals surface area contributed by atoms with Crippen LogP contribution >= 0.6 is 11.3 Å². The Morgan fingerprint density at radius 2 is 2.45 bits per heavy atom. The number of carbonyl (C=O) groups is 1. The fraction of sp³-hybridized carbons (Fsp3) is 0.533. The number of piperidine rings is 1. The van der Waals surface area contributed by atoms with Crippen molar-refractivity contribution in [3.05, 3.63) is 29.1 Å². The minimum absolute atomic E-state index is 0.00982. The van der Waals surface area contributed by atoms with Crippen molar-refractivity contribution in [2.75, 3.05) is 18.4 Å². The topological polar surface area (TPSA) is 71.3 Å². The highest BCUT2D eigenvalue weighted by atomic mass is 32.1. The molecule has 7 heteroatoms. The van der Waals surface area contributed by atoms with Gasteiger partial charge in [-0.05, 0) is 26.3 Å². The van der Waals surface area contributed by atoms with Crippen molar-refractivity contribution in [3.63, 3.8) is 0 Å². The molecule has 0 spiro atoms. The van der Waals surface area contributed by atoms with Gasteiger partial charge < -0.3 is 9.84 Å². The van der Waals surface area contributed by atoms with Gasteiger partial charge in [0.05, 0.1) is 6.04 Å². The molecule has 0 saturated carbocycles. The number of amides is 1. The van der Waals surface area contributed by atoms with Gasteiger partial charge in [-0.1, -0.05) is 11.6 Å². The summed E-state index contributed by atoms with van der Waals surface area (Å²) in [4.78, 5) is 18.4. The van der Waals surface area contributed by atoms with Crippen molar-refractivity contribution in [3.8, 4) is 0 Å². The number of aromatic nitrogens is 2. The third kappa shape index (κ3) is 3.72. The largest absolute Gasteiger partial charge is 0.361 e. The fourth-order valence-electron chi connectivity index (χ4n) is 2.85. The Bertz CT molecular complexity index is 611. The van der Waals surface area contributed by atoms with Gasteiger partial charge in [-0.3, -0.25) is 9.69 Å². The molecule has 0 radical (unpaired) electrons. The van der Waals surface area contributed by atoms with E-state index >= 15 is 0 Å². The number of anilines is 1. The minimum Gasteiger partial charge on any atom is -0.361 e. The lowest BCUT2D eigenvalue weighted by Crippen LogP contribution is -2.35. The Balaban J connectivity index is 1.56. The van der Waals surface area contributed by atoms with Gasteiger partial charge in [-0.15, -0.1) is 11.3 Å². The van der Waals surface area contributed by atoms with Crippen LogP contribution in [0, 0.1) is 6.92 Å². The van der Waals surface area contributed by atoms with Crippen LogP contribution in [0.15, 0.2) is 22.2 Å². The summed E-state index contributed by atoms with van der Waals surface area (Å²) in [5.41, 5.74) is 0.984. The zero-order valence-electron chi connectivity index (χ0n) is 12.6. The average Bonchev–Trinajstić information content (AvgIpc) is 3.17. The van der Waals surface area contributed by atoms with Crippen LogP contribution in [-0.4, -0.2) is 34.0 Å². The molecule has 6 nitrogen and oxygen atoms in total. The maximum absolute atomic E-state index is 12.0. The molecule has 22 heavy (non-hydrogen) atoms. The minimum atomic E-state index is 0.00982. The highest BCUT2D eigenvalue weighted by Crippen LogP contribution is 2.30. The highest BCUT2D eigenvalue weighted by molar-refractivity contribution is 7.13. The van der Waals surface area contributed by atoms with Gasteiger partial charge in [-0.2, -0.15) is 0 Å². The van der Waals surface area contributed by atoms with Gasteiger partial charge in [0.15, 0.2) is 5.13 Å². The second-order valence-electron chi connectivity index (χ2n) is 5.55. The van der Waals surface area contributed by atoms with Gasteiger partial charge >= 0.3 is 0 Å². The van der Waals surface area contributed by atoms with Crippen molar-refractivity contribution in [1.29, 1.82) is 0 Å². The van der Waals surface area contributed by atoms with E-state index < -0.39 is 0 Å². The third-order valence-corrected chi connectivity index (χ3v) is 4.59. The average molecular weight is 320 g/mol. The molecule has 3 heterocycles. The second kappa shape index (κ2) is 7.02. The predicted octanol–water partition coefficient (Wildman–Crippen LogP) is 3.00. The second-order valence-corrected chi connectivity index (χ2v) is 6.44. The number of carbonyl (C=O) groups excluding carboxylic acids is 1. The summed E-state index contributed by atoms with van der Waals surface area (Å²) in [6.07, 6.45) is 5.58. The molecule has 3 rings (SSSR count). The number of aryl methyl sites for hydroxylation is 1. The normalized spacial score (nSPS) is 19.2. The number of hydrogen-bond acceptors (Lipinski definition) is 6. The first-order valence-electron chi connectivity index (χ1n) is 7.59. The Morgan fingerprint density at radius 3 is 3.18 bits per heavy atom. The van der Waals surface area contributed by atoms with Crippen LogP contribution < -0.4 is 5.32 Å². The van der Waals surface area contributed by atoms with E-state index in [9.17, 15) is 4.79 Å². The molecular weight excluding hydrogens is 300 g/mol. The van der Waals surface area contributed by atoms with Crippen molar-refractivity contribution < 1.29 is 9.32 Å². The van der Waals surface area contributed by atoms with Crippen molar-refractivity contribution in [2.45, 2.75) is 38.6 Å². The number of likely N-dealkylation sites (tertiary alicyclic amines) is 1. The Hall–Kier alpha value is -1.73. The first kappa shape index (κ1) is 15.2. The van der Waals surface area contributed by atoms with Crippen molar-refractivity contribution in [2.24, 2.45) is 0 Å². The summed E-state index contributed by atoms with van der Waals surface area (Å²) in [7, 11) is 0. The van der Waals surface area contributed by atoms with E-state index in [4.69, 9.17) is 4.52 Å². The smallest absolute Gasteiger partial charge is 0.227 e. The lowest BCUT2D eigenvalue weighted by molar-refractivity contribution is -0.116. The Labute approximate surface area is 133 Å². The van der Waals surface area contributed by atoms with Gasteiger partial charge in [0.1, 0.15) is 11.5 Å². The molecule has 0 bridgehead atoms. The molecule has 1 N–H and O–H groups in total. The van der Waals surface area contributed by atoms with E-state index in [0.29, 0.717) is 11.6 Å². The van der Waals surface area contributed by atoms with Crippen LogP contribution in [0.4, 0.5) is 5.13 Å². The summed E-state index contributed by atoms with van der Waals surface area (Å²) in [6, 6.07) is 2.26. The lowest BCUT2D eigenvalue weighted by atomic mass is 9.99. The maximum atomic E-state index is 12.0. The molecule has 0 aromatic carbocycles. The van der Waals surface area contributed by atoms with E-state index in [-0.39, 0.29) is 11.9 Å². The number of nitrogens with zero attached hydrogens (tertiary/aromatic N) is 3. The summed E-state index contributed by atoms with van der Waals surface area (Å²) in [5.74, 6) is 0.845. The number of hydrogen-bond donors (Lipinski definition) is 1. The van der Waals surface area contributed by atoms with Gasteiger partial charge in [-0.25, -0.2) is 4.98 Å². The number of thiazole rings is 1. The van der Waals surface area contributed by atoms with Crippen LogP contribution in [0.1, 0.15) is 43.2 Å². The van der Waals surface area contributed by atoms with Crippen LogP contribution in [0.3, 0.4) is 0 Å². The summed E-state index contributed by atoms with van der Waals surface area (Å²) in [5, 5.41) is 9.49. The standard InChI is InChI=1S/C15H20N4O2S/c1-11-10-12(18-21-11)13-4-2-3-7-19(13)8-5-14(20)17-15-16-6-9-22-15/h6,9-10,13H,2-5,7-8H2,1H3,(H,16,17,20)/t13-/m0/s1. The van der Waals surface area contributed by atoms with Gasteiger partial charge in [0.25, 0.3) is 0 Å². The molecule has 1 aliphatic rings. The fourth-order valence-corrected chi connectivity index (χ4v) is 3.39. The van der Waals surface area contributed by atoms with E-state index in [2.05, 4.69) is 20.4 Å². The third-order valence-electron chi connectivity index (χ3n) is 3.91. The van der Waals surface area contributed by atoms with E-state index in [0.717, 1.165) is 31.0 Å². The zero-order valence-corrected chi connectivity index (χ0v) is 13.4. The molecule has 0 aliphatic carbocycles. The summed E-state index contributed by atoms with van der Waals surface area (Å²) >= 11 is 1.43. The van der Waals surface area contributed by atoms with Gasteiger partial charge in [0.2, 0.25) is 5.91 Å². The SMILES string of the molecule is Cc1cc([C@@H]2CCCCN2CCC(=O)Nc2nccs2)no1. The first-order chi connectivity index (χ1) is 10.7. The Morgan fingerprint density at radius 1 is 1.55 bits per heavy atom. The molecule has 1 atom stereocenters. The van der Waals surface area contributed by atoms with E-state index in [1.54, 1.807) is 6.20 Å². The molecular formula is C15H20N4O2S. The molecule has 1 amide bonds. The number of rotatable bonds is 5. The predicted molar refractivity (Wildman–Crippen MR) is 84.8 cm³/mol. The van der Waals surface area contributed by atoms with Crippen molar-refractivity contribution >= 4 is 22.4 Å². The lowest BCUT2D eigenvalue weighted by Gasteiger charge is -2.34. The molecule has 1 aliphatic heterocycles. The molecule has 118 valence electrons. The molecule has 0 unspecified atom stereocenters. The van der Waals surface area contributed by atoms with Crippen LogP contribution in [0.25, 0.3) is 0 Å². The monoisotopic (exact) mass is 320 g/mol. The summed E-state index contributed by atoms with van der Waals surface area (Å²) in [6.45, 7) is 3.64. The zero-order chi connectivity index (χ0) is 15.4. The molecule has 2 aromatic heterocycles.